The van der Waals surface area contributed by atoms with Crippen LogP contribution in [0.15, 0.2) is 21.9 Å². The van der Waals surface area contributed by atoms with Gasteiger partial charge in [0.1, 0.15) is 11.4 Å². The maximum atomic E-state index is 13.8. The van der Waals surface area contributed by atoms with Crippen molar-refractivity contribution in [2.45, 2.75) is 0 Å². The predicted octanol–water partition coefficient (Wildman–Crippen LogP) is 1.82. The molecule has 0 atom stereocenters. The second kappa shape index (κ2) is 5.18. The fourth-order valence-electron chi connectivity index (χ4n) is 1.42. The van der Waals surface area contributed by atoms with Crippen LogP contribution in [0.2, 0.25) is 5.02 Å². The Kier molecular flexibility index (Phi) is 3.77. The smallest absolute Gasteiger partial charge is 0.324 e. The van der Waals surface area contributed by atoms with Gasteiger partial charge in [-0.15, -0.1) is 0 Å². The predicted molar refractivity (Wildman–Crippen MR) is 71.7 cm³/mol. The van der Waals surface area contributed by atoms with Gasteiger partial charge in [-0.3, -0.25) is 9.48 Å². The summed E-state index contributed by atoms with van der Waals surface area (Å²) in [6.45, 7) is 0. The number of nitrogens with zero attached hydrogens (tertiary/aromatic N) is 3. The second-order valence-electron chi connectivity index (χ2n) is 3.75. The summed E-state index contributed by atoms with van der Waals surface area (Å²) in [5.41, 5.74) is 0.0682. The number of hydrogen-bond acceptors (Lipinski definition) is 4. The van der Waals surface area contributed by atoms with E-state index in [9.17, 15) is 9.18 Å². The molecule has 2 aromatic rings. The van der Waals surface area contributed by atoms with Crippen LogP contribution in [-0.2, 0) is 14.1 Å². The number of rotatable bonds is 2. The first-order valence-electron chi connectivity index (χ1n) is 5.25. The zero-order valence-electron chi connectivity index (χ0n) is 10.5. The molecule has 1 aromatic heterocycles. The van der Waals surface area contributed by atoms with Crippen LogP contribution < -0.4 is 14.4 Å². The molecule has 0 amide bonds. The maximum Gasteiger partial charge on any atom is 0.324 e. The van der Waals surface area contributed by atoms with Gasteiger partial charge in [0.05, 0.1) is 12.1 Å². The Morgan fingerprint density at radius 1 is 1.37 bits per heavy atom. The van der Waals surface area contributed by atoms with Crippen molar-refractivity contribution in [3.05, 3.63) is 37.4 Å². The minimum atomic E-state index is -0.575. The molecule has 1 aromatic carbocycles. The molecule has 0 fully saturated rings. The van der Waals surface area contributed by atoms with Crippen molar-refractivity contribution in [3.63, 3.8) is 0 Å². The molecule has 0 saturated heterocycles. The number of methoxy groups -OCH3 is 1. The quantitative estimate of drug-likeness (QED) is 0.849. The van der Waals surface area contributed by atoms with E-state index in [2.05, 4.69) is 4.99 Å². The van der Waals surface area contributed by atoms with E-state index in [0.29, 0.717) is 10.6 Å². The van der Waals surface area contributed by atoms with Gasteiger partial charge in [-0.25, -0.2) is 14.1 Å². The Morgan fingerprint density at radius 2 is 2.05 bits per heavy atom. The first-order chi connectivity index (χ1) is 8.93. The van der Waals surface area contributed by atoms with Crippen molar-refractivity contribution < 1.29 is 9.13 Å². The lowest BCUT2D eigenvalue weighted by atomic mass is 10.3. The van der Waals surface area contributed by atoms with Crippen molar-refractivity contribution in [2.24, 2.45) is 19.1 Å². The molecule has 0 aliphatic rings. The molecule has 0 saturated carbocycles. The molecule has 0 unspecified atom stereocenters. The Balaban J connectivity index is 2.66. The summed E-state index contributed by atoms with van der Waals surface area (Å²) in [7, 11) is 4.71. The molecule has 0 radical (unpaired) electrons. The number of benzene rings is 1. The van der Waals surface area contributed by atoms with Crippen molar-refractivity contribution in [2.75, 3.05) is 7.11 Å². The number of aromatic nitrogens is 2. The van der Waals surface area contributed by atoms with Gasteiger partial charge in [-0.05, 0) is 17.4 Å². The fraction of sp³-hybridized carbons (Fsp3) is 0.273. The molecule has 5 nitrogen and oxygen atoms in total. The van der Waals surface area contributed by atoms with Gasteiger partial charge in [0.2, 0.25) is 4.80 Å². The van der Waals surface area contributed by atoms with Crippen LogP contribution in [0.5, 0.6) is 5.75 Å². The SMILES string of the molecule is COc1cc(/N=c2\sc(=O)n(C)n2C)c(F)cc1Cl. The Hall–Kier alpha value is -1.60. The largest absolute Gasteiger partial charge is 0.495 e. The van der Waals surface area contributed by atoms with Crippen LogP contribution in [0.1, 0.15) is 0 Å². The first kappa shape index (κ1) is 13.8. The summed E-state index contributed by atoms with van der Waals surface area (Å²) in [6, 6.07) is 2.52. The molecule has 8 heteroatoms. The van der Waals surface area contributed by atoms with E-state index < -0.39 is 5.82 Å². The van der Waals surface area contributed by atoms with Crippen LogP contribution in [0.3, 0.4) is 0 Å². The number of halogens is 2. The molecule has 19 heavy (non-hydrogen) atoms. The van der Waals surface area contributed by atoms with E-state index >= 15 is 0 Å². The van der Waals surface area contributed by atoms with Crippen molar-refractivity contribution in [3.8, 4) is 5.75 Å². The first-order valence-corrected chi connectivity index (χ1v) is 6.44. The van der Waals surface area contributed by atoms with Crippen LogP contribution in [-0.4, -0.2) is 16.5 Å². The van der Waals surface area contributed by atoms with Gasteiger partial charge in [0.15, 0.2) is 5.82 Å². The molecule has 0 N–H and O–H groups in total. The molecule has 1 heterocycles. The Morgan fingerprint density at radius 3 is 2.58 bits per heavy atom. The van der Waals surface area contributed by atoms with E-state index in [4.69, 9.17) is 16.3 Å². The molecule has 102 valence electrons. The van der Waals surface area contributed by atoms with E-state index in [0.717, 1.165) is 17.4 Å². The highest BCUT2D eigenvalue weighted by molar-refractivity contribution is 7.06. The standard InChI is InChI=1S/C11H11ClFN3O2S/c1-15-10(19-11(17)16(15)2)14-8-5-9(18-3)6(12)4-7(8)13/h4-5H,1-3H3/b14-10-. The Bertz CT molecular complexity index is 747. The van der Waals surface area contributed by atoms with Gasteiger partial charge in [-0.2, -0.15) is 0 Å². The molecule has 0 spiro atoms. The van der Waals surface area contributed by atoms with E-state index in [1.807, 2.05) is 0 Å². The highest BCUT2D eigenvalue weighted by atomic mass is 35.5. The summed E-state index contributed by atoms with van der Waals surface area (Å²) in [6.07, 6.45) is 0. The van der Waals surface area contributed by atoms with Crippen LogP contribution in [0, 0.1) is 5.82 Å². The zero-order valence-corrected chi connectivity index (χ0v) is 12.0. The summed E-state index contributed by atoms with van der Waals surface area (Å²) in [4.78, 5) is 15.8. The molecule has 0 bridgehead atoms. The minimum absolute atomic E-state index is 0.0682. The second-order valence-corrected chi connectivity index (χ2v) is 5.07. The third-order valence-corrected chi connectivity index (χ3v) is 3.88. The lowest BCUT2D eigenvalue weighted by Gasteiger charge is -2.04. The molecule has 0 aliphatic carbocycles. The van der Waals surface area contributed by atoms with Crippen LogP contribution in [0.4, 0.5) is 10.1 Å². The van der Waals surface area contributed by atoms with Gasteiger partial charge in [0.25, 0.3) is 0 Å². The average molecular weight is 304 g/mol. The summed E-state index contributed by atoms with van der Waals surface area (Å²) >= 11 is 6.73. The lowest BCUT2D eigenvalue weighted by Crippen LogP contribution is -2.21. The lowest BCUT2D eigenvalue weighted by molar-refractivity contribution is 0.414. The van der Waals surface area contributed by atoms with E-state index in [1.165, 1.54) is 22.5 Å². The van der Waals surface area contributed by atoms with Gasteiger partial charge >= 0.3 is 4.87 Å². The fourth-order valence-corrected chi connectivity index (χ4v) is 2.46. The topological polar surface area (TPSA) is 48.5 Å². The van der Waals surface area contributed by atoms with Gasteiger partial charge < -0.3 is 4.74 Å². The highest BCUT2D eigenvalue weighted by Gasteiger charge is 2.09. The summed E-state index contributed by atoms with van der Waals surface area (Å²) in [5, 5.41) is 0.171. The third kappa shape index (κ3) is 2.57. The average Bonchev–Trinajstić information content (AvgIpc) is 2.60. The molecular weight excluding hydrogens is 293 g/mol. The molecule has 0 aliphatic heterocycles. The highest BCUT2D eigenvalue weighted by Crippen LogP contribution is 2.31. The van der Waals surface area contributed by atoms with E-state index in [-0.39, 0.29) is 15.6 Å². The van der Waals surface area contributed by atoms with Crippen molar-refractivity contribution in [1.29, 1.82) is 0 Å². The monoisotopic (exact) mass is 303 g/mol. The van der Waals surface area contributed by atoms with Crippen LogP contribution in [0.25, 0.3) is 0 Å². The molecular formula is C11H11ClFN3O2S. The number of ether oxygens (including phenoxy) is 1. The van der Waals surface area contributed by atoms with Crippen LogP contribution >= 0.6 is 22.9 Å². The maximum absolute atomic E-state index is 13.8. The van der Waals surface area contributed by atoms with Gasteiger partial charge in [-0.1, -0.05) is 11.6 Å². The van der Waals surface area contributed by atoms with Crippen molar-refractivity contribution >= 4 is 28.6 Å². The third-order valence-electron chi connectivity index (χ3n) is 2.61. The molecule has 2 rings (SSSR count). The minimum Gasteiger partial charge on any atom is -0.495 e. The Labute approximate surface area is 117 Å². The van der Waals surface area contributed by atoms with Crippen molar-refractivity contribution in [1.82, 2.24) is 9.36 Å². The van der Waals surface area contributed by atoms with E-state index in [1.54, 1.807) is 14.1 Å². The number of hydrogen-bond donors (Lipinski definition) is 0. The normalized spacial score (nSPS) is 11.9. The summed E-state index contributed by atoms with van der Waals surface area (Å²) < 4.78 is 21.7. The van der Waals surface area contributed by atoms with Gasteiger partial charge in [0, 0.05) is 20.2 Å². The summed E-state index contributed by atoms with van der Waals surface area (Å²) in [5.74, 6) is -0.248. The zero-order chi connectivity index (χ0) is 14.2.